The number of aliphatic imine (C=N–C) groups is 1. The van der Waals surface area contributed by atoms with E-state index in [0.29, 0.717) is 37.6 Å². The van der Waals surface area contributed by atoms with Crippen LogP contribution in [-0.4, -0.2) is 35.7 Å². The molecule has 6 nitrogen and oxygen atoms in total. The van der Waals surface area contributed by atoms with Crippen LogP contribution in [0.5, 0.6) is 5.75 Å². The number of carbonyl (C=O) groups excluding carboxylic acids is 1. The zero-order valence-corrected chi connectivity index (χ0v) is 30.7. The number of carbonyl (C=O) groups is 1. The van der Waals surface area contributed by atoms with Gasteiger partial charge in [-0.25, -0.2) is 4.99 Å². The molecule has 7 rings (SSSR count). The van der Waals surface area contributed by atoms with E-state index in [9.17, 15) is 4.79 Å². The minimum atomic E-state index is -1.33. The topological polar surface area (TPSA) is 80.2 Å². The van der Waals surface area contributed by atoms with E-state index in [1.807, 2.05) is 127 Å². The van der Waals surface area contributed by atoms with Crippen molar-refractivity contribution in [1.82, 2.24) is 5.32 Å². The number of benzene rings is 6. The van der Waals surface area contributed by atoms with Gasteiger partial charge in [0.2, 0.25) is 5.90 Å². The summed E-state index contributed by atoms with van der Waals surface area (Å²) in [6, 6.07) is 54.4. The second-order valence-electron chi connectivity index (χ2n) is 13.0. The zero-order chi connectivity index (χ0) is 37.0. The molecule has 0 saturated heterocycles. The molecule has 0 fully saturated rings. The first kappa shape index (κ1) is 36.5. The van der Waals surface area contributed by atoms with Crippen molar-refractivity contribution < 1.29 is 19.4 Å². The molecule has 0 saturated carbocycles. The van der Waals surface area contributed by atoms with Gasteiger partial charge in [-0.3, -0.25) is 4.79 Å². The first-order valence-corrected chi connectivity index (χ1v) is 19.0. The van der Waals surface area contributed by atoms with Gasteiger partial charge in [0.25, 0.3) is 5.91 Å². The predicted octanol–water partition coefficient (Wildman–Crippen LogP) is 9.94. The van der Waals surface area contributed by atoms with Crippen molar-refractivity contribution in [1.29, 1.82) is 0 Å². The third kappa shape index (κ3) is 8.83. The third-order valence-corrected chi connectivity index (χ3v) is 10.4. The fourth-order valence-electron chi connectivity index (χ4n) is 6.43. The molecule has 6 aromatic carbocycles. The summed E-state index contributed by atoms with van der Waals surface area (Å²) >= 11 is 1.67. The maximum atomic E-state index is 14.9. The number of aliphatic hydroxyl groups is 1. The average Bonchev–Trinajstić information content (AvgIpc) is 3.62. The number of hydrogen-bond acceptors (Lipinski definition) is 6. The fourth-order valence-corrected chi connectivity index (χ4v) is 7.39. The molecule has 2 atom stereocenters. The highest BCUT2D eigenvalue weighted by molar-refractivity contribution is 7.99. The number of nitrogens with one attached hydrogen (secondary N) is 1. The Labute approximate surface area is 321 Å². The molecule has 1 amide bonds. The van der Waals surface area contributed by atoms with E-state index in [1.54, 1.807) is 11.8 Å². The van der Waals surface area contributed by atoms with Crippen LogP contribution in [0.4, 0.5) is 0 Å². The molecule has 0 aliphatic carbocycles. The van der Waals surface area contributed by atoms with Crippen molar-refractivity contribution in [2.24, 2.45) is 4.99 Å². The number of nitrogens with zero attached hydrogens (tertiary/aromatic N) is 1. The van der Waals surface area contributed by atoms with Gasteiger partial charge in [-0.05, 0) is 70.3 Å². The molecule has 270 valence electrons. The van der Waals surface area contributed by atoms with E-state index in [2.05, 4.69) is 53.8 Å². The maximum absolute atomic E-state index is 14.9. The minimum Gasteiger partial charge on any atom is -0.494 e. The quantitative estimate of drug-likeness (QED) is 0.103. The molecular weight excluding hydrogens is 689 g/mol. The standard InChI is InChI=1S/C47H42N2O4S/c50-32-13-33-52-41-29-27-39(28-30-41)45-49-47(31-12-16-35-14-4-1-5-15-35,44(53-45)38-25-23-37(24-26-38)36-17-6-2-7-18-36)46(51)48-34-40-19-10-11-22-43(40)54-42-20-8-3-9-21-42/h1-12,14-30,44,50H,13,31-34H2,(H,48,51)/b16-12+/t44-,47-/m1/s1. The van der Waals surface area contributed by atoms with E-state index >= 15 is 0 Å². The molecule has 0 unspecified atom stereocenters. The number of aliphatic hydroxyl groups excluding tert-OH is 1. The van der Waals surface area contributed by atoms with Crippen LogP contribution in [-0.2, 0) is 16.1 Å². The Bertz CT molecular complexity index is 2170. The van der Waals surface area contributed by atoms with Gasteiger partial charge in [0, 0.05) is 41.3 Å². The Kier molecular flexibility index (Phi) is 12.0. The molecule has 0 radical (unpaired) electrons. The van der Waals surface area contributed by atoms with E-state index in [0.717, 1.165) is 43.2 Å². The molecule has 1 aliphatic heterocycles. The van der Waals surface area contributed by atoms with Crippen LogP contribution >= 0.6 is 11.8 Å². The normalized spacial score (nSPS) is 16.5. The molecule has 6 aromatic rings. The Morgan fingerprint density at radius 3 is 2.11 bits per heavy atom. The molecule has 0 aromatic heterocycles. The second kappa shape index (κ2) is 17.8. The lowest BCUT2D eigenvalue weighted by atomic mass is 9.83. The Hall–Kier alpha value is -5.89. The molecule has 0 spiro atoms. The van der Waals surface area contributed by atoms with E-state index in [-0.39, 0.29) is 12.5 Å². The average molecular weight is 731 g/mol. The molecular formula is C47H42N2O4S. The number of hydrogen-bond donors (Lipinski definition) is 2. The van der Waals surface area contributed by atoms with Gasteiger partial charge in [-0.1, -0.05) is 145 Å². The van der Waals surface area contributed by atoms with Crippen molar-refractivity contribution in [2.75, 3.05) is 13.2 Å². The largest absolute Gasteiger partial charge is 0.494 e. The summed E-state index contributed by atoms with van der Waals surface area (Å²) in [6.45, 7) is 0.804. The van der Waals surface area contributed by atoms with Crippen molar-refractivity contribution in [2.45, 2.75) is 40.8 Å². The van der Waals surface area contributed by atoms with Gasteiger partial charge in [0.1, 0.15) is 5.75 Å². The lowest BCUT2D eigenvalue weighted by Gasteiger charge is -2.30. The van der Waals surface area contributed by atoms with Crippen molar-refractivity contribution in [3.05, 3.63) is 192 Å². The van der Waals surface area contributed by atoms with Crippen LogP contribution in [0.1, 0.15) is 41.2 Å². The molecule has 2 N–H and O–H groups in total. The number of amides is 1. The van der Waals surface area contributed by atoms with Gasteiger partial charge in [0.15, 0.2) is 11.6 Å². The second-order valence-corrected chi connectivity index (χ2v) is 14.1. The van der Waals surface area contributed by atoms with Crippen LogP contribution in [0.15, 0.2) is 185 Å². The lowest BCUT2D eigenvalue weighted by molar-refractivity contribution is -0.129. The van der Waals surface area contributed by atoms with Crippen LogP contribution in [0.25, 0.3) is 17.2 Å². The number of rotatable bonds is 15. The van der Waals surface area contributed by atoms with E-state index < -0.39 is 11.6 Å². The highest BCUT2D eigenvalue weighted by Gasteiger charge is 2.52. The SMILES string of the molecule is O=C(NCc1ccccc1Sc1ccccc1)[C@]1(C/C=C/c2ccccc2)N=C(c2ccc(OCCCO)cc2)O[C@@H]1c1ccc(-c2ccccc2)cc1. The van der Waals surface area contributed by atoms with Crippen LogP contribution < -0.4 is 10.1 Å². The van der Waals surface area contributed by atoms with Crippen LogP contribution in [0.3, 0.4) is 0 Å². The fraction of sp³-hybridized carbons (Fsp3) is 0.149. The summed E-state index contributed by atoms with van der Waals surface area (Å²) in [4.78, 5) is 22.3. The maximum Gasteiger partial charge on any atom is 0.252 e. The highest BCUT2D eigenvalue weighted by Crippen LogP contribution is 2.43. The first-order chi connectivity index (χ1) is 26.6. The first-order valence-electron chi connectivity index (χ1n) is 18.2. The minimum absolute atomic E-state index is 0.0662. The summed E-state index contributed by atoms with van der Waals surface area (Å²) in [5.41, 5.74) is 4.48. The molecule has 1 heterocycles. The van der Waals surface area contributed by atoms with Crippen LogP contribution in [0.2, 0.25) is 0 Å². The van der Waals surface area contributed by atoms with Gasteiger partial charge < -0.3 is 19.9 Å². The Balaban J connectivity index is 1.25. The number of ether oxygens (including phenoxy) is 2. The molecule has 54 heavy (non-hydrogen) atoms. The van der Waals surface area contributed by atoms with Crippen molar-refractivity contribution in [3.8, 4) is 16.9 Å². The Morgan fingerprint density at radius 1 is 0.759 bits per heavy atom. The van der Waals surface area contributed by atoms with Gasteiger partial charge >= 0.3 is 0 Å². The van der Waals surface area contributed by atoms with Gasteiger partial charge in [-0.15, -0.1) is 0 Å². The summed E-state index contributed by atoms with van der Waals surface area (Å²) in [5.74, 6) is 0.842. The molecule has 0 bridgehead atoms. The highest BCUT2D eigenvalue weighted by atomic mass is 32.2. The summed E-state index contributed by atoms with van der Waals surface area (Å²) in [7, 11) is 0. The van der Waals surface area contributed by atoms with E-state index in [1.165, 1.54) is 0 Å². The molecule has 1 aliphatic rings. The van der Waals surface area contributed by atoms with E-state index in [4.69, 9.17) is 19.6 Å². The third-order valence-electron chi connectivity index (χ3n) is 9.27. The predicted molar refractivity (Wildman–Crippen MR) is 218 cm³/mol. The monoisotopic (exact) mass is 730 g/mol. The van der Waals surface area contributed by atoms with Crippen molar-refractivity contribution >= 4 is 29.6 Å². The lowest BCUT2D eigenvalue weighted by Crippen LogP contribution is -2.47. The van der Waals surface area contributed by atoms with Crippen molar-refractivity contribution in [3.63, 3.8) is 0 Å². The summed E-state index contributed by atoms with van der Waals surface area (Å²) in [6.07, 6.45) is 4.18. The molecule has 7 heteroatoms. The van der Waals surface area contributed by atoms with Gasteiger partial charge in [-0.2, -0.15) is 0 Å². The Morgan fingerprint density at radius 2 is 1.39 bits per heavy atom. The zero-order valence-electron chi connectivity index (χ0n) is 29.9. The summed E-state index contributed by atoms with van der Waals surface area (Å²) in [5, 5.41) is 12.5. The smallest absolute Gasteiger partial charge is 0.252 e. The summed E-state index contributed by atoms with van der Waals surface area (Å²) < 4.78 is 12.6. The van der Waals surface area contributed by atoms with Crippen LogP contribution in [0, 0.1) is 0 Å². The van der Waals surface area contributed by atoms with Gasteiger partial charge in [0.05, 0.1) is 6.61 Å².